The van der Waals surface area contributed by atoms with Crippen molar-refractivity contribution < 1.29 is 18.4 Å². The number of benzene rings is 1. The molecule has 1 rings (SSSR count). The molecule has 1 aromatic rings. The van der Waals surface area contributed by atoms with Gasteiger partial charge >= 0.3 is 0 Å². The van der Waals surface area contributed by atoms with Crippen molar-refractivity contribution in [2.24, 2.45) is 0 Å². The van der Waals surface area contributed by atoms with E-state index in [4.69, 9.17) is 0 Å². The molecule has 0 unspecified atom stereocenters. The van der Waals surface area contributed by atoms with Crippen molar-refractivity contribution in [3.05, 3.63) is 35.4 Å². The quantitative estimate of drug-likeness (QED) is 0.380. The summed E-state index contributed by atoms with van der Waals surface area (Å²) in [6.07, 6.45) is 4.87. The number of halogens is 2. The minimum atomic E-state index is -0.911. The van der Waals surface area contributed by atoms with Crippen LogP contribution in [0.3, 0.4) is 0 Å². The monoisotopic (exact) mass is 282 g/mol. The number of hydrogen-bond acceptors (Lipinski definition) is 2. The normalized spacial score (nSPS) is 10.6. The molecule has 0 atom stereocenters. The summed E-state index contributed by atoms with van der Waals surface area (Å²) in [4.78, 5) is 23.3. The Hall–Kier alpha value is -1.58. The number of Topliss-reactive ketones (excluding diaryl/α,β-unsaturated/α-hetero) is 2. The number of carbonyl (C=O) groups excluding carboxylic acids is 2. The van der Waals surface area contributed by atoms with E-state index in [1.165, 1.54) is 6.07 Å². The summed E-state index contributed by atoms with van der Waals surface area (Å²) in [5.41, 5.74) is -0.605. The van der Waals surface area contributed by atoms with Crippen LogP contribution in [-0.4, -0.2) is 11.6 Å². The second-order valence-corrected chi connectivity index (χ2v) is 4.90. The molecule has 20 heavy (non-hydrogen) atoms. The van der Waals surface area contributed by atoms with Gasteiger partial charge in [-0.3, -0.25) is 9.59 Å². The van der Waals surface area contributed by atoms with Crippen molar-refractivity contribution in [2.45, 2.75) is 51.9 Å². The second kappa shape index (κ2) is 8.56. The van der Waals surface area contributed by atoms with Crippen LogP contribution in [0, 0.1) is 11.6 Å². The molecule has 0 saturated heterocycles. The fourth-order valence-electron chi connectivity index (χ4n) is 2.05. The van der Waals surface area contributed by atoms with Crippen LogP contribution in [-0.2, 0) is 4.79 Å². The molecule has 0 aliphatic heterocycles. The highest BCUT2D eigenvalue weighted by Crippen LogP contribution is 2.15. The molecule has 0 bridgehead atoms. The van der Waals surface area contributed by atoms with E-state index in [0.717, 1.165) is 44.2 Å². The third-order valence-corrected chi connectivity index (χ3v) is 3.16. The van der Waals surface area contributed by atoms with E-state index in [1.807, 2.05) is 0 Å². The maximum atomic E-state index is 13.4. The maximum absolute atomic E-state index is 13.4. The zero-order chi connectivity index (χ0) is 15.0. The lowest BCUT2D eigenvalue weighted by Gasteiger charge is -2.04. The van der Waals surface area contributed by atoms with E-state index in [1.54, 1.807) is 0 Å². The highest BCUT2D eigenvalue weighted by Gasteiger charge is 2.19. The summed E-state index contributed by atoms with van der Waals surface area (Å²) in [5.74, 6) is -2.86. The average molecular weight is 282 g/mol. The van der Waals surface area contributed by atoms with E-state index >= 15 is 0 Å². The van der Waals surface area contributed by atoms with Gasteiger partial charge in [-0.2, -0.15) is 0 Å². The summed E-state index contributed by atoms with van der Waals surface area (Å²) in [6, 6.07) is 3.23. The molecular formula is C16H20F2O2. The Morgan fingerprint density at radius 2 is 1.60 bits per heavy atom. The number of rotatable bonds is 9. The summed E-state index contributed by atoms with van der Waals surface area (Å²) < 4.78 is 26.7. The molecule has 4 heteroatoms. The van der Waals surface area contributed by atoms with Crippen LogP contribution in [0.2, 0.25) is 0 Å². The molecule has 0 N–H and O–H groups in total. The van der Waals surface area contributed by atoms with Gasteiger partial charge < -0.3 is 0 Å². The fourth-order valence-corrected chi connectivity index (χ4v) is 2.05. The third-order valence-electron chi connectivity index (χ3n) is 3.16. The average Bonchev–Trinajstić information content (AvgIpc) is 2.38. The fraction of sp³-hybridized carbons (Fsp3) is 0.500. The van der Waals surface area contributed by atoms with E-state index < -0.39 is 29.4 Å². The molecule has 0 fully saturated rings. The number of carbonyl (C=O) groups is 2. The van der Waals surface area contributed by atoms with Crippen molar-refractivity contribution in [3.63, 3.8) is 0 Å². The largest absolute Gasteiger partial charge is 0.299 e. The predicted octanol–water partition coefficient (Wildman–Crippen LogP) is 4.47. The maximum Gasteiger partial charge on any atom is 0.176 e. The number of ketones is 2. The van der Waals surface area contributed by atoms with Crippen LogP contribution >= 0.6 is 0 Å². The van der Waals surface area contributed by atoms with Gasteiger partial charge in [-0.1, -0.05) is 38.7 Å². The zero-order valence-electron chi connectivity index (χ0n) is 11.8. The summed E-state index contributed by atoms with van der Waals surface area (Å²) in [6.45, 7) is 2.10. The Balaban J connectivity index is 2.44. The van der Waals surface area contributed by atoms with E-state index in [0.29, 0.717) is 6.42 Å². The molecule has 0 radical (unpaired) electrons. The Morgan fingerprint density at radius 3 is 2.20 bits per heavy atom. The van der Waals surface area contributed by atoms with Gasteiger partial charge in [0.25, 0.3) is 0 Å². The number of unbranched alkanes of at least 4 members (excludes halogenated alkanes) is 4. The molecule has 0 aliphatic rings. The molecule has 0 aliphatic carbocycles. The van der Waals surface area contributed by atoms with Crippen LogP contribution in [0.1, 0.15) is 62.2 Å². The molecule has 0 aromatic heterocycles. The Morgan fingerprint density at radius 1 is 1.00 bits per heavy atom. The van der Waals surface area contributed by atoms with Gasteiger partial charge in [0.1, 0.15) is 17.4 Å². The summed E-state index contributed by atoms with van der Waals surface area (Å²) in [7, 11) is 0. The first-order valence-electron chi connectivity index (χ1n) is 7.05. The summed E-state index contributed by atoms with van der Waals surface area (Å²) in [5, 5.41) is 0. The van der Waals surface area contributed by atoms with Crippen LogP contribution in [0.15, 0.2) is 18.2 Å². The van der Waals surface area contributed by atoms with Crippen molar-refractivity contribution in [1.82, 2.24) is 0 Å². The molecule has 0 saturated carbocycles. The van der Waals surface area contributed by atoms with Crippen LogP contribution in [0.25, 0.3) is 0 Å². The van der Waals surface area contributed by atoms with Crippen LogP contribution in [0.5, 0.6) is 0 Å². The molecular weight excluding hydrogens is 262 g/mol. The molecule has 2 nitrogen and oxygen atoms in total. The molecule has 0 amide bonds. The lowest BCUT2D eigenvalue weighted by molar-refractivity contribution is -0.118. The third kappa shape index (κ3) is 5.19. The first-order valence-corrected chi connectivity index (χ1v) is 7.05. The molecule has 110 valence electrons. The van der Waals surface area contributed by atoms with Gasteiger partial charge in [0.2, 0.25) is 0 Å². The van der Waals surface area contributed by atoms with Crippen molar-refractivity contribution in [2.75, 3.05) is 0 Å². The van der Waals surface area contributed by atoms with E-state index in [2.05, 4.69) is 6.92 Å². The minimum Gasteiger partial charge on any atom is -0.299 e. The Labute approximate surface area is 118 Å². The van der Waals surface area contributed by atoms with Crippen molar-refractivity contribution in [3.8, 4) is 0 Å². The first-order chi connectivity index (χ1) is 9.56. The summed E-state index contributed by atoms with van der Waals surface area (Å²) >= 11 is 0. The van der Waals surface area contributed by atoms with Gasteiger partial charge in [0.05, 0.1) is 12.0 Å². The zero-order valence-corrected chi connectivity index (χ0v) is 11.8. The standard InChI is InChI=1S/C16H20F2O2/c1-2-3-4-5-6-8-12(19)11-15(20)16-13(17)9-7-10-14(16)18/h7,9-10H,2-6,8,11H2,1H3. The van der Waals surface area contributed by atoms with Crippen LogP contribution in [0.4, 0.5) is 8.78 Å². The Bertz CT molecular complexity index is 449. The highest BCUT2D eigenvalue weighted by molar-refractivity contribution is 6.08. The van der Waals surface area contributed by atoms with Gasteiger partial charge in [-0.25, -0.2) is 8.78 Å². The lowest BCUT2D eigenvalue weighted by atomic mass is 10.0. The first kappa shape index (κ1) is 16.5. The SMILES string of the molecule is CCCCCCCC(=O)CC(=O)c1c(F)cccc1F. The van der Waals surface area contributed by atoms with Gasteiger partial charge in [0.15, 0.2) is 5.78 Å². The molecule has 0 spiro atoms. The van der Waals surface area contributed by atoms with Crippen molar-refractivity contribution >= 4 is 11.6 Å². The predicted molar refractivity (Wildman–Crippen MR) is 73.7 cm³/mol. The Kier molecular flexibility index (Phi) is 7.05. The van der Waals surface area contributed by atoms with E-state index in [9.17, 15) is 18.4 Å². The van der Waals surface area contributed by atoms with E-state index in [-0.39, 0.29) is 5.78 Å². The van der Waals surface area contributed by atoms with Gasteiger partial charge in [-0.15, -0.1) is 0 Å². The smallest absolute Gasteiger partial charge is 0.176 e. The topological polar surface area (TPSA) is 34.1 Å². The van der Waals surface area contributed by atoms with Crippen LogP contribution < -0.4 is 0 Å². The minimum absolute atomic E-state index is 0.255. The molecule has 0 heterocycles. The van der Waals surface area contributed by atoms with Gasteiger partial charge in [-0.05, 0) is 18.6 Å². The number of hydrogen-bond donors (Lipinski definition) is 0. The van der Waals surface area contributed by atoms with Gasteiger partial charge in [0, 0.05) is 6.42 Å². The lowest BCUT2D eigenvalue weighted by Crippen LogP contribution is -2.11. The second-order valence-electron chi connectivity index (χ2n) is 4.90. The molecule has 1 aromatic carbocycles. The van der Waals surface area contributed by atoms with Crippen molar-refractivity contribution in [1.29, 1.82) is 0 Å². The highest BCUT2D eigenvalue weighted by atomic mass is 19.1.